The van der Waals surface area contributed by atoms with E-state index in [-0.39, 0.29) is 5.91 Å². The monoisotopic (exact) mass is 346 g/mol. The maximum atomic E-state index is 12.7. The molecule has 3 aliphatic rings. The number of piperidine rings is 2. The fraction of sp³-hybridized carbons (Fsp3) is 0.722. The van der Waals surface area contributed by atoms with Gasteiger partial charge in [-0.2, -0.15) is 0 Å². The minimum Gasteiger partial charge on any atom is -0.347 e. The summed E-state index contributed by atoms with van der Waals surface area (Å²) in [6, 6.07) is 0. The van der Waals surface area contributed by atoms with Gasteiger partial charge in [0, 0.05) is 51.4 Å². The van der Waals surface area contributed by atoms with Crippen LogP contribution in [0.5, 0.6) is 0 Å². The number of hydrogen-bond acceptors (Lipinski definition) is 6. The number of carbonyl (C=O) groups excluding carboxylic acids is 1. The molecule has 1 aromatic heterocycles. The number of aromatic nitrogens is 2. The van der Waals surface area contributed by atoms with Crippen LogP contribution in [0.3, 0.4) is 0 Å². The van der Waals surface area contributed by atoms with Crippen LogP contribution in [0.4, 0.5) is 5.95 Å². The Balaban J connectivity index is 1.37. The van der Waals surface area contributed by atoms with Gasteiger partial charge in [0.05, 0.1) is 18.8 Å². The van der Waals surface area contributed by atoms with Gasteiger partial charge in [0.15, 0.2) is 5.79 Å². The Kier molecular flexibility index (Phi) is 4.60. The van der Waals surface area contributed by atoms with E-state index < -0.39 is 5.79 Å². The molecule has 0 saturated carbocycles. The van der Waals surface area contributed by atoms with Gasteiger partial charge in [-0.25, -0.2) is 9.97 Å². The molecule has 0 radical (unpaired) electrons. The number of carbonyl (C=O) groups is 1. The van der Waals surface area contributed by atoms with Crippen molar-refractivity contribution in [2.75, 3.05) is 44.3 Å². The van der Waals surface area contributed by atoms with Crippen molar-refractivity contribution in [3.8, 4) is 0 Å². The highest BCUT2D eigenvalue weighted by atomic mass is 16.7. The normalized spacial score (nSPS) is 26.2. The molecule has 0 aromatic carbocycles. The van der Waals surface area contributed by atoms with Crippen LogP contribution in [0, 0.1) is 5.92 Å². The van der Waals surface area contributed by atoms with E-state index in [0.29, 0.717) is 37.8 Å². The van der Waals surface area contributed by atoms with Crippen molar-refractivity contribution < 1.29 is 14.3 Å². The molecule has 25 heavy (non-hydrogen) atoms. The van der Waals surface area contributed by atoms with Crippen LogP contribution in [-0.4, -0.2) is 66.0 Å². The third kappa shape index (κ3) is 3.48. The number of anilines is 1. The van der Waals surface area contributed by atoms with E-state index in [1.54, 1.807) is 12.4 Å². The summed E-state index contributed by atoms with van der Waals surface area (Å²) in [5.41, 5.74) is 0.554. The topological polar surface area (TPSA) is 67.8 Å². The number of amides is 1. The van der Waals surface area contributed by atoms with E-state index in [1.807, 2.05) is 4.90 Å². The largest absolute Gasteiger partial charge is 0.347 e. The smallest absolute Gasteiger partial charge is 0.256 e. The molecule has 1 unspecified atom stereocenters. The first-order valence-electron chi connectivity index (χ1n) is 9.29. The van der Waals surface area contributed by atoms with Gasteiger partial charge in [-0.1, -0.05) is 6.92 Å². The molecule has 0 aliphatic carbocycles. The average Bonchev–Trinajstić information content (AvgIpc) is 3.10. The van der Waals surface area contributed by atoms with E-state index >= 15 is 0 Å². The molecule has 4 heterocycles. The highest BCUT2D eigenvalue weighted by molar-refractivity contribution is 5.93. The summed E-state index contributed by atoms with van der Waals surface area (Å²) < 4.78 is 11.4. The van der Waals surface area contributed by atoms with Crippen LogP contribution in [0.25, 0.3) is 0 Å². The molecular weight excluding hydrogens is 320 g/mol. The first kappa shape index (κ1) is 16.7. The zero-order chi connectivity index (χ0) is 17.3. The Morgan fingerprint density at radius 2 is 1.84 bits per heavy atom. The van der Waals surface area contributed by atoms with E-state index in [4.69, 9.17) is 9.47 Å². The minimum absolute atomic E-state index is 0.00795. The SMILES string of the molecule is CC1CCCN(c2ncc(C(=O)N3CCC4(CC3)OCCO4)cn2)C1. The molecule has 0 bridgehead atoms. The van der Waals surface area contributed by atoms with E-state index in [1.165, 1.54) is 12.8 Å². The molecule has 136 valence electrons. The lowest BCUT2D eigenvalue weighted by molar-refractivity contribution is -0.181. The first-order chi connectivity index (χ1) is 12.2. The Morgan fingerprint density at radius 3 is 2.48 bits per heavy atom. The molecule has 7 heteroatoms. The molecule has 0 N–H and O–H groups in total. The zero-order valence-electron chi connectivity index (χ0n) is 14.8. The Morgan fingerprint density at radius 1 is 1.16 bits per heavy atom. The highest BCUT2D eigenvalue weighted by Crippen LogP contribution is 2.31. The molecular formula is C18H26N4O3. The Labute approximate surface area is 148 Å². The Hall–Kier alpha value is -1.73. The van der Waals surface area contributed by atoms with E-state index in [0.717, 1.165) is 31.9 Å². The lowest BCUT2D eigenvalue weighted by Gasteiger charge is -2.37. The van der Waals surface area contributed by atoms with Crippen molar-refractivity contribution in [3.63, 3.8) is 0 Å². The lowest BCUT2D eigenvalue weighted by atomic mass is 10.0. The van der Waals surface area contributed by atoms with Gasteiger partial charge in [0.25, 0.3) is 5.91 Å². The average molecular weight is 346 g/mol. The molecule has 1 spiro atoms. The number of rotatable bonds is 2. The maximum Gasteiger partial charge on any atom is 0.256 e. The summed E-state index contributed by atoms with van der Waals surface area (Å²) in [5.74, 6) is 0.932. The summed E-state index contributed by atoms with van der Waals surface area (Å²) in [6.07, 6.45) is 7.21. The van der Waals surface area contributed by atoms with Crippen LogP contribution < -0.4 is 4.90 Å². The van der Waals surface area contributed by atoms with Gasteiger partial charge in [-0.05, 0) is 18.8 Å². The predicted molar refractivity (Wildman–Crippen MR) is 92.4 cm³/mol. The van der Waals surface area contributed by atoms with Gasteiger partial charge < -0.3 is 19.3 Å². The van der Waals surface area contributed by atoms with Gasteiger partial charge in [-0.15, -0.1) is 0 Å². The summed E-state index contributed by atoms with van der Waals surface area (Å²) in [7, 11) is 0. The summed E-state index contributed by atoms with van der Waals surface area (Å²) >= 11 is 0. The lowest BCUT2D eigenvalue weighted by Crippen LogP contribution is -2.47. The number of likely N-dealkylation sites (tertiary alicyclic amines) is 1. The second-order valence-electron chi connectivity index (χ2n) is 7.36. The first-order valence-corrected chi connectivity index (χ1v) is 9.29. The van der Waals surface area contributed by atoms with Crippen LogP contribution >= 0.6 is 0 Å². The molecule has 3 saturated heterocycles. The van der Waals surface area contributed by atoms with Gasteiger partial charge in [-0.3, -0.25) is 4.79 Å². The van der Waals surface area contributed by atoms with Crippen LogP contribution in [0.15, 0.2) is 12.4 Å². The van der Waals surface area contributed by atoms with E-state index in [2.05, 4.69) is 21.8 Å². The Bertz CT molecular complexity index is 605. The number of ether oxygens (including phenoxy) is 2. The number of hydrogen-bond donors (Lipinski definition) is 0. The van der Waals surface area contributed by atoms with E-state index in [9.17, 15) is 4.79 Å². The van der Waals surface area contributed by atoms with Gasteiger partial charge in [0.2, 0.25) is 5.95 Å². The summed E-state index contributed by atoms with van der Waals surface area (Å²) in [5, 5.41) is 0. The third-order valence-electron chi connectivity index (χ3n) is 5.45. The van der Waals surface area contributed by atoms with Crippen LogP contribution in [0.1, 0.15) is 43.0 Å². The summed E-state index contributed by atoms with van der Waals surface area (Å²) in [6.45, 7) is 6.82. The third-order valence-corrected chi connectivity index (χ3v) is 5.45. The van der Waals surface area contributed by atoms with Crippen LogP contribution in [-0.2, 0) is 9.47 Å². The molecule has 3 aliphatic heterocycles. The fourth-order valence-electron chi connectivity index (χ4n) is 3.98. The zero-order valence-corrected chi connectivity index (χ0v) is 14.8. The number of nitrogens with zero attached hydrogens (tertiary/aromatic N) is 4. The van der Waals surface area contributed by atoms with Gasteiger partial charge in [0.1, 0.15) is 0 Å². The highest BCUT2D eigenvalue weighted by Gasteiger charge is 2.40. The van der Waals surface area contributed by atoms with Crippen molar-refractivity contribution in [2.24, 2.45) is 5.92 Å². The molecule has 1 aromatic rings. The second kappa shape index (κ2) is 6.88. The minimum atomic E-state index is -0.456. The predicted octanol–water partition coefficient (Wildman–Crippen LogP) is 1.69. The molecule has 1 atom stereocenters. The van der Waals surface area contributed by atoms with Crippen molar-refractivity contribution >= 4 is 11.9 Å². The molecule has 7 nitrogen and oxygen atoms in total. The maximum absolute atomic E-state index is 12.7. The summed E-state index contributed by atoms with van der Waals surface area (Å²) in [4.78, 5) is 25.6. The standard InChI is InChI=1S/C18H26N4O3/c1-14-3-2-6-22(13-14)17-19-11-15(12-20-17)16(23)21-7-4-18(5-8-21)24-9-10-25-18/h11-12,14H,2-10,13H2,1H3. The van der Waals surface area contributed by atoms with Crippen molar-refractivity contribution in [1.82, 2.24) is 14.9 Å². The van der Waals surface area contributed by atoms with Crippen molar-refractivity contribution in [3.05, 3.63) is 18.0 Å². The molecule has 1 amide bonds. The second-order valence-corrected chi connectivity index (χ2v) is 7.36. The molecule has 3 fully saturated rings. The fourth-order valence-corrected chi connectivity index (χ4v) is 3.98. The van der Waals surface area contributed by atoms with Crippen molar-refractivity contribution in [1.29, 1.82) is 0 Å². The molecule has 4 rings (SSSR count). The van der Waals surface area contributed by atoms with Crippen LogP contribution in [0.2, 0.25) is 0 Å². The quantitative estimate of drug-likeness (QED) is 0.812. The van der Waals surface area contributed by atoms with Gasteiger partial charge >= 0.3 is 0 Å². The van der Waals surface area contributed by atoms with Crippen molar-refractivity contribution in [2.45, 2.75) is 38.4 Å².